The molecule has 0 aromatic rings. The lowest BCUT2D eigenvalue weighted by Gasteiger charge is -2.47. The van der Waals surface area contributed by atoms with E-state index < -0.39 is 78.9 Å². The lowest BCUT2D eigenvalue weighted by molar-refractivity contribution is -0.321. The van der Waals surface area contributed by atoms with E-state index in [2.05, 4.69) is 4.74 Å². The molecule has 0 amide bonds. The molecule has 3 unspecified atom stereocenters. The van der Waals surface area contributed by atoms with E-state index >= 15 is 4.39 Å². The van der Waals surface area contributed by atoms with Crippen molar-refractivity contribution in [3.8, 4) is 0 Å². The van der Waals surface area contributed by atoms with E-state index in [0.717, 1.165) is 34.8 Å². The summed E-state index contributed by atoms with van der Waals surface area (Å²) in [4.78, 5) is 58.1. The van der Waals surface area contributed by atoms with Gasteiger partial charge >= 0.3 is 35.6 Å². The summed E-state index contributed by atoms with van der Waals surface area (Å²) in [7, 11) is 0.826. The van der Waals surface area contributed by atoms with Crippen molar-refractivity contribution >= 4 is 29.8 Å². The van der Waals surface area contributed by atoms with Crippen molar-refractivity contribution in [3.05, 3.63) is 0 Å². The summed E-state index contributed by atoms with van der Waals surface area (Å²) in [5, 5.41) is 10.6. The van der Waals surface area contributed by atoms with Crippen LogP contribution in [-0.4, -0.2) is 91.1 Å². The number of carbonyl (C=O) groups excluding carboxylic acids is 5. The van der Waals surface area contributed by atoms with E-state index in [9.17, 15) is 29.1 Å². The van der Waals surface area contributed by atoms with Crippen LogP contribution in [0.4, 0.5) is 4.39 Å². The lowest BCUT2D eigenvalue weighted by Crippen LogP contribution is -2.72. The molecule has 7 atom stereocenters. The smallest absolute Gasteiger partial charge is 0.369 e. The number of aliphatic hydroxyl groups is 1. The van der Waals surface area contributed by atoms with Gasteiger partial charge in [0.2, 0.25) is 6.17 Å². The van der Waals surface area contributed by atoms with Crippen LogP contribution < -0.4 is 5.73 Å². The summed E-state index contributed by atoms with van der Waals surface area (Å²) in [6.07, 6.45) is -9.79. The first-order valence-electron chi connectivity index (χ1n) is 9.27. The summed E-state index contributed by atoms with van der Waals surface area (Å²) >= 11 is 0. The Morgan fingerprint density at radius 2 is 1.59 bits per heavy atom. The Bertz CT molecular complexity index is 745. The number of alkyl halides is 1. The van der Waals surface area contributed by atoms with Crippen LogP contribution in [0, 0.1) is 0 Å². The molecule has 0 saturated carbocycles. The highest BCUT2D eigenvalue weighted by atomic mass is 19.1. The van der Waals surface area contributed by atoms with Crippen molar-refractivity contribution in [3.63, 3.8) is 0 Å². The fourth-order valence-electron chi connectivity index (χ4n) is 3.03. The van der Waals surface area contributed by atoms with Crippen LogP contribution in [0.2, 0.25) is 0 Å². The fourth-order valence-corrected chi connectivity index (χ4v) is 3.03. The van der Waals surface area contributed by atoms with Gasteiger partial charge in [-0.1, -0.05) is 0 Å². The number of methoxy groups -OCH3 is 1. The van der Waals surface area contributed by atoms with Crippen LogP contribution in [0.3, 0.4) is 0 Å². The zero-order chi connectivity index (χ0) is 24.8. The highest BCUT2D eigenvalue weighted by Crippen LogP contribution is 2.35. The van der Waals surface area contributed by atoms with Gasteiger partial charge in [0, 0.05) is 27.7 Å². The van der Waals surface area contributed by atoms with Gasteiger partial charge in [0.15, 0.2) is 18.3 Å². The maximum Gasteiger partial charge on any atom is 0.369 e. The highest BCUT2D eigenvalue weighted by molar-refractivity contribution is 5.79. The van der Waals surface area contributed by atoms with Gasteiger partial charge in [0.05, 0.1) is 13.2 Å². The molecule has 14 heteroatoms. The summed E-state index contributed by atoms with van der Waals surface area (Å²) in [5.41, 5.74) is 5.98. The van der Waals surface area contributed by atoms with Gasteiger partial charge in [0.25, 0.3) is 0 Å². The van der Waals surface area contributed by atoms with E-state index in [0.29, 0.717) is 0 Å². The molecule has 1 heterocycles. The molecular formula is C18H26FNO12. The van der Waals surface area contributed by atoms with Gasteiger partial charge < -0.3 is 39.3 Å². The van der Waals surface area contributed by atoms with Gasteiger partial charge in [-0.25, -0.2) is 9.18 Å². The molecule has 32 heavy (non-hydrogen) atoms. The quantitative estimate of drug-likeness (QED) is 0.303. The maximum absolute atomic E-state index is 15.0. The zero-order valence-corrected chi connectivity index (χ0v) is 18.1. The third kappa shape index (κ3) is 6.58. The molecule has 0 aromatic carbocycles. The van der Waals surface area contributed by atoms with Crippen LogP contribution in [0.5, 0.6) is 0 Å². The normalized spacial score (nSPS) is 29.1. The largest absolute Gasteiger partial charge is 0.465 e. The van der Waals surface area contributed by atoms with Gasteiger partial charge in [-0.15, -0.1) is 0 Å². The molecule has 0 bridgehead atoms. The van der Waals surface area contributed by atoms with E-state index in [1.807, 2.05) is 0 Å². The van der Waals surface area contributed by atoms with Gasteiger partial charge in [-0.2, -0.15) is 0 Å². The Labute approximate surface area is 182 Å². The number of halogens is 1. The second kappa shape index (κ2) is 11.2. The van der Waals surface area contributed by atoms with Gasteiger partial charge in [-0.3, -0.25) is 19.2 Å². The monoisotopic (exact) mass is 467 g/mol. The standard InChI is InChI=1S/C18H26FNO12/c1-7(21)28-6-11(29-8(2)22)13(30-9(3)23)14-12(20)15(31-10(4)24)16(19)18(26,32-14)17(25)27-5/h11-16,26H,6,20H2,1-5H3/t11-,12+,13-,14?,15?,16?,18+/m1/s1. The number of hydrogen-bond acceptors (Lipinski definition) is 13. The zero-order valence-electron chi connectivity index (χ0n) is 18.1. The van der Waals surface area contributed by atoms with Crippen LogP contribution in [0.1, 0.15) is 27.7 Å². The first kappa shape index (κ1) is 27.2. The molecule has 1 fully saturated rings. The second-order valence-corrected chi connectivity index (χ2v) is 6.85. The Balaban J connectivity index is 3.52. The van der Waals surface area contributed by atoms with Crippen molar-refractivity contribution in [1.82, 2.24) is 0 Å². The van der Waals surface area contributed by atoms with Crippen LogP contribution in [-0.2, 0) is 52.4 Å². The van der Waals surface area contributed by atoms with E-state index in [1.54, 1.807) is 0 Å². The molecule has 1 aliphatic heterocycles. The van der Waals surface area contributed by atoms with Gasteiger partial charge in [0.1, 0.15) is 12.7 Å². The minimum atomic E-state index is -3.34. The number of rotatable bonds is 8. The van der Waals surface area contributed by atoms with Crippen LogP contribution in [0.15, 0.2) is 0 Å². The van der Waals surface area contributed by atoms with Gasteiger partial charge in [-0.05, 0) is 0 Å². The second-order valence-electron chi connectivity index (χ2n) is 6.85. The topological polar surface area (TPSA) is 187 Å². The lowest BCUT2D eigenvalue weighted by atomic mass is 9.87. The number of carbonyl (C=O) groups is 5. The molecule has 3 N–H and O–H groups in total. The highest BCUT2D eigenvalue weighted by Gasteiger charge is 2.63. The predicted octanol–water partition coefficient (Wildman–Crippen LogP) is -1.73. The molecule has 182 valence electrons. The average molecular weight is 467 g/mol. The molecule has 1 aliphatic rings. The predicted molar refractivity (Wildman–Crippen MR) is 98.0 cm³/mol. The molecule has 1 saturated heterocycles. The molecule has 0 aromatic heterocycles. The minimum absolute atomic E-state index is 0.659. The van der Waals surface area contributed by atoms with E-state index in [1.165, 1.54) is 0 Å². The van der Waals surface area contributed by atoms with Crippen LogP contribution in [0.25, 0.3) is 0 Å². The Morgan fingerprint density at radius 1 is 1.03 bits per heavy atom. The summed E-state index contributed by atoms with van der Waals surface area (Å²) in [6, 6.07) is -1.65. The third-order valence-electron chi connectivity index (χ3n) is 4.28. The first-order valence-corrected chi connectivity index (χ1v) is 9.27. The summed E-state index contributed by atoms with van der Waals surface area (Å²) < 4.78 is 44.3. The first-order chi connectivity index (χ1) is 14.7. The van der Waals surface area contributed by atoms with E-state index in [-0.39, 0.29) is 0 Å². The number of hydrogen-bond donors (Lipinski definition) is 2. The maximum atomic E-state index is 15.0. The molecule has 13 nitrogen and oxygen atoms in total. The van der Waals surface area contributed by atoms with Crippen molar-refractivity contribution in [1.29, 1.82) is 0 Å². The Hall–Kier alpha value is -2.84. The molecule has 0 spiro atoms. The number of esters is 5. The van der Waals surface area contributed by atoms with Crippen molar-refractivity contribution in [2.24, 2.45) is 5.73 Å². The average Bonchev–Trinajstić information content (AvgIpc) is 2.68. The van der Waals surface area contributed by atoms with Crippen molar-refractivity contribution in [2.75, 3.05) is 13.7 Å². The molecule has 1 rings (SSSR count). The third-order valence-corrected chi connectivity index (χ3v) is 4.28. The van der Waals surface area contributed by atoms with Crippen LogP contribution >= 0.6 is 0 Å². The summed E-state index contributed by atoms with van der Waals surface area (Å²) in [5.74, 6) is -8.60. The SMILES string of the molecule is COC(=O)[C@@]1(O)OC([C@H](OC(C)=O)[C@@H](COC(C)=O)OC(C)=O)[C@H](N)C(OC(C)=O)C1F. The fraction of sp³-hybridized carbons (Fsp3) is 0.722. The minimum Gasteiger partial charge on any atom is -0.465 e. The molecular weight excluding hydrogens is 441 g/mol. The van der Waals surface area contributed by atoms with E-state index in [4.69, 9.17) is 29.4 Å². The van der Waals surface area contributed by atoms with Crippen molar-refractivity contribution < 1.29 is 61.9 Å². The number of ether oxygens (including phenoxy) is 6. The Kier molecular flexibility index (Phi) is 9.48. The summed E-state index contributed by atoms with van der Waals surface area (Å²) in [6.45, 7) is 3.28. The molecule has 0 radical (unpaired) electrons. The number of nitrogens with two attached hydrogens (primary N) is 1. The Morgan fingerprint density at radius 3 is 2.03 bits per heavy atom. The molecule has 0 aliphatic carbocycles. The van der Waals surface area contributed by atoms with Crippen molar-refractivity contribution in [2.45, 2.75) is 70.1 Å².